The number of aryl methyl sites for hydroxylation is 1. The lowest BCUT2D eigenvalue weighted by atomic mass is 10.00. The van der Waals surface area contributed by atoms with Crippen molar-refractivity contribution in [1.82, 2.24) is 20.0 Å². The molecule has 2 atom stereocenters. The second-order valence-electron chi connectivity index (χ2n) is 5.15. The molecule has 0 saturated carbocycles. The lowest BCUT2D eigenvalue weighted by Crippen LogP contribution is -2.52. The molecule has 2 unspecified atom stereocenters. The summed E-state index contributed by atoms with van der Waals surface area (Å²) in [4.78, 5) is 4.34. The van der Waals surface area contributed by atoms with Gasteiger partial charge in [-0.25, -0.2) is 9.99 Å². The van der Waals surface area contributed by atoms with Crippen molar-refractivity contribution in [2.75, 3.05) is 6.54 Å². The summed E-state index contributed by atoms with van der Waals surface area (Å²) in [5.41, 5.74) is 3.57. The summed E-state index contributed by atoms with van der Waals surface area (Å²) in [6, 6.07) is 1.31. The zero-order chi connectivity index (χ0) is 12.3. The molecule has 0 amide bonds. The number of rotatable bonds is 4. The van der Waals surface area contributed by atoms with Crippen LogP contribution in [0.5, 0.6) is 0 Å². The Labute approximate surface area is 104 Å². The standard InChI is InChI=1S/C13H24N4/c1-11-5-4-6-12(2)17(11)15-8-7-13-14-9-10-16(13)3/h9-12,15H,4-8H2,1-3H3. The molecule has 1 aromatic rings. The summed E-state index contributed by atoms with van der Waals surface area (Å²) in [7, 11) is 2.05. The third-order valence-corrected chi connectivity index (χ3v) is 3.76. The van der Waals surface area contributed by atoms with Crippen LogP contribution in [0.1, 0.15) is 38.9 Å². The summed E-state index contributed by atoms with van der Waals surface area (Å²) in [6.07, 6.45) is 8.82. The number of piperidine rings is 1. The fourth-order valence-corrected chi connectivity index (χ4v) is 2.67. The van der Waals surface area contributed by atoms with E-state index in [0.29, 0.717) is 12.1 Å². The van der Waals surface area contributed by atoms with E-state index in [9.17, 15) is 0 Å². The molecule has 1 aromatic heterocycles. The lowest BCUT2D eigenvalue weighted by Gasteiger charge is -2.39. The fraction of sp³-hybridized carbons (Fsp3) is 0.769. The van der Waals surface area contributed by atoms with Gasteiger partial charge in [-0.15, -0.1) is 0 Å². The van der Waals surface area contributed by atoms with E-state index in [1.54, 1.807) is 0 Å². The first kappa shape index (κ1) is 12.6. The first-order valence-electron chi connectivity index (χ1n) is 6.66. The van der Waals surface area contributed by atoms with Crippen molar-refractivity contribution in [2.24, 2.45) is 7.05 Å². The molecule has 17 heavy (non-hydrogen) atoms. The summed E-state index contributed by atoms with van der Waals surface area (Å²) < 4.78 is 2.09. The number of hydrazine groups is 1. The molecule has 96 valence electrons. The highest BCUT2D eigenvalue weighted by Crippen LogP contribution is 2.19. The van der Waals surface area contributed by atoms with E-state index in [4.69, 9.17) is 0 Å². The van der Waals surface area contributed by atoms with Crippen LogP contribution >= 0.6 is 0 Å². The monoisotopic (exact) mass is 236 g/mol. The number of nitrogens with zero attached hydrogens (tertiary/aromatic N) is 3. The van der Waals surface area contributed by atoms with Crippen molar-refractivity contribution in [3.63, 3.8) is 0 Å². The maximum atomic E-state index is 4.34. The quantitative estimate of drug-likeness (QED) is 0.864. The number of imidazole rings is 1. The van der Waals surface area contributed by atoms with Gasteiger partial charge in [-0.2, -0.15) is 0 Å². The van der Waals surface area contributed by atoms with E-state index in [-0.39, 0.29) is 0 Å². The lowest BCUT2D eigenvalue weighted by molar-refractivity contribution is 0.0468. The summed E-state index contributed by atoms with van der Waals surface area (Å²) >= 11 is 0. The van der Waals surface area contributed by atoms with Gasteiger partial charge in [0.1, 0.15) is 5.82 Å². The van der Waals surface area contributed by atoms with E-state index in [2.05, 4.69) is 40.9 Å². The van der Waals surface area contributed by atoms with Gasteiger partial charge in [-0.3, -0.25) is 5.43 Å². The maximum Gasteiger partial charge on any atom is 0.109 e. The number of nitrogens with one attached hydrogen (secondary N) is 1. The van der Waals surface area contributed by atoms with Gasteiger partial charge in [0.15, 0.2) is 0 Å². The van der Waals surface area contributed by atoms with E-state index >= 15 is 0 Å². The molecule has 1 aliphatic rings. The molecule has 1 fully saturated rings. The molecule has 4 nitrogen and oxygen atoms in total. The molecule has 4 heteroatoms. The van der Waals surface area contributed by atoms with Gasteiger partial charge >= 0.3 is 0 Å². The topological polar surface area (TPSA) is 33.1 Å². The van der Waals surface area contributed by atoms with E-state index in [1.807, 2.05) is 12.4 Å². The molecular formula is C13H24N4. The summed E-state index contributed by atoms with van der Waals surface area (Å²) in [5, 5.41) is 2.42. The third kappa shape index (κ3) is 3.07. The molecule has 0 aromatic carbocycles. The molecule has 1 saturated heterocycles. The predicted molar refractivity (Wildman–Crippen MR) is 69.5 cm³/mol. The predicted octanol–water partition coefficient (Wildman–Crippen LogP) is 1.73. The van der Waals surface area contributed by atoms with E-state index in [1.165, 1.54) is 19.3 Å². The van der Waals surface area contributed by atoms with Crippen LogP contribution in [0.25, 0.3) is 0 Å². The number of hydrogen-bond donors (Lipinski definition) is 1. The maximum absolute atomic E-state index is 4.34. The minimum Gasteiger partial charge on any atom is -0.338 e. The van der Waals surface area contributed by atoms with Crippen molar-refractivity contribution < 1.29 is 0 Å². The number of aromatic nitrogens is 2. The first-order chi connectivity index (χ1) is 8.18. The zero-order valence-electron chi connectivity index (χ0n) is 11.2. The van der Waals surface area contributed by atoms with Crippen molar-refractivity contribution in [3.05, 3.63) is 18.2 Å². The van der Waals surface area contributed by atoms with Crippen LogP contribution in [0.3, 0.4) is 0 Å². The average molecular weight is 236 g/mol. The normalized spacial score (nSPS) is 26.3. The van der Waals surface area contributed by atoms with E-state index in [0.717, 1.165) is 18.8 Å². The largest absolute Gasteiger partial charge is 0.338 e. The van der Waals surface area contributed by atoms with Crippen LogP contribution in [0.4, 0.5) is 0 Å². The summed E-state index contributed by atoms with van der Waals surface area (Å²) in [5.74, 6) is 1.15. The van der Waals surface area contributed by atoms with Crippen molar-refractivity contribution >= 4 is 0 Å². The Morgan fingerprint density at radius 1 is 1.35 bits per heavy atom. The Balaban J connectivity index is 1.79. The Kier molecular flexibility index (Phi) is 4.18. The van der Waals surface area contributed by atoms with Crippen molar-refractivity contribution in [1.29, 1.82) is 0 Å². The highest BCUT2D eigenvalue weighted by Gasteiger charge is 2.23. The van der Waals surface area contributed by atoms with Crippen LogP contribution in [-0.2, 0) is 13.5 Å². The Morgan fingerprint density at radius 3 is 2.65 bits per heavy atom. The van der Waals surface area contributed by atoms with Crippen LogP contribution in [0.15, 0.2) is 12.4 Å². The minimum atomic E-state index is 0.653. The van der Waals surface area contributed by atoms with Gasteiger partial charge < -0.3 is 4.57 Å². The second kappa shape index (κ2) is 5.65. The Morgan fingerprint density at radius 2 is 2.06 bits per heavy atom. The molecule has 0 radical (unpaired) electrons. The van der Waals surface area contributed by atoms with Gasteiger partial charge in [-0.1, -0.05) is 6.42 Å². The third-order valence-electron chi connectivity index (χ3n) is 3.76. The number of hydrogen-bond acceptors (Lipinski definition) is 3. The van der Waals surface area contributed by atoms with Crippen LogP contribution < -0.4 is 5.43 Å². The molecule has 1 aliphatic heterocycles. The SMILES string of the molecule is CC1CCCC(C)N1NCCc1nccn1C. The molecule has 1 N–H and O–H groups in total. The van der Waals surface area contributed by atoms with Gasteiger partial charge in [0, 0.05) is 44.5 Å². The van der Waals surface area contributed by atoms with E-state index < -0.39 is 0 Å². The Bertz CT molecular complexity index is 337. The van der Waals surface area contributed by atoms with Crippen LogP contribution in [0, 0.1) is 0 Å². The van der Waals surface area contributed by atoms with Crippen LogP contribution in [0.2, 0.25) is 0 Å². The van der Waals surface area contributed by atoms with Gasteiger partial charge in [-0.05, 0) is 26.7 Å². The van der Waals surface area contributed by atoms with Gasteiger partial charge in [0.25, 0.3) is 0 Å². The smallest absolute Gasteiger partial charge is 0.109 e. The molecule has 0 spiro atoms. The fourth-order valence-electron chi connectivity index (χ4n) is 2.67. The molecule has 0 aliphatic carbocycles. The zero-order valence-corrected chi connectivity index (χ0v) is 11.2. The molecule has 2 rings (SSSR count). The van der Waals surface area contributed by atoms with Crippen LogP contribution in [-0.4, -0.2) is 33.2 Å². The Hall–Kier alpha value is -0.870. The van der Waals surface area contributed by atoms with Crippen molar-refractivity contribution in [3.8, 4) is 0 Å². The highest BCUT2D eigenvalue weighted by molar-refractivity contribution is 4.91. The van der Waals surface area contributed by atoms with Gasteiger partial charge in [0.05, 0.1) is 0 Å². The molecule has 0 bridgehead atoms. The molecular weight excluding hydrogens is 212 g/mol. The minimum absolute atomic E-state index is 0.653. The molecule has 2 heterocycles. The van der Waals surface area contributed by atoms with Gasteiger partial charge in [0.2, 0.25) is 0 Å². The second-order valence-corrected chi connectivity index (χ2v) is 5.15. The van der Waals surface area contributed by atoms with Crippen molar-refractivity contribution in [2.45, 2.75) is 51.6 Å². The summed E-state index contributed by atoms with van der Waals surface area (Å²) in [6.45, 7) is 5.59. The highest BCUT2D eigenvalue weighted by atomic mass is 15.5. The average Bonchev–Trinajstić information content (AvgIpc) is 2.69. The first-order valence-corrected chi connectivity index (χ1v) is 6.66.